The van der Waals surface area contributed by atoms with E-state index in [4.69, 9.17) is 5.26 Å². The molecule has 5 heteroatoms. The van der Waals surface area contributed by atoms with Gasteiger partial charge in [-0.1, -0.05) is 31.2 Å². The summed E-state index contributed by atoms with van der Waals surface area (Å²) in [5, 5.41) is 10.00. The van der Waals surface area contributed by atoms with Crippen LogP contribution in [-0.4, -0.2) is 22.3 Å². The van der Waals surface area contributed by atoms with Gasteiger partial charge in [-0.2, -0.15) is 5.26 Å². The molecule has 3 rings (SSSR count). The number of para-hydroxylation sites is 1. The van der Waals surface area contributed by atoms with Gasteiger partial charge in [0.25, 0.3) is 0 Å². The van der Waals surface area contributed by atoms with Crippen LogP contribution < -0.4 is 0 Å². The standard InChI is InChI=1S/C22H23N3OS/c1-2-14-25(16-18-12-10-17(15-23)11-13-18)22(26)9-5-8-21-24-19-6-3-4-7-20(19)27-21/h3-4,6-7,10-13H,2,5,8-9,14,16H2,1H3. The van der Waals surface area contributed by atoms with Gasteiger partial charge in [-0.05, 0) is 49.1 Å². The van der Waals surface area contributed by atoms with Crippen molar-refractivity contribution in [3.63, 3.8) is 0 Å². The summed E-state index contributed by atoms with van der Waals surface area (Å²) in [4.78, 5) is 19.2. The van der Waals surface area contributed by atoms with E-state index in [1.807, 2.05) is 35.2 Å². The molecule has 0 atom stereocenters. The number of aryl methyl sites for hydroxylation is 1. The summed E-state index contributed by atoms with van der Waals surface area (Å²) < 4.78 is 1.20. The Morgan fingerprint density at radius 2 is 1.96 bits per heavy atom. The lowest BCUT2D eigenvalue weighted by atomic mass is 10.1. The molecular formula is C22H23N3OS. The molecule has 2 aromatic carbocycles. The van der Waals surface area contributed by atoms with Crippen LogP contribution in [0.5, 0.6) is 0 Å². The van der Waals surface area contributed by atoms with Gasteiger partial charge in [0.15, 0.2) is 0 Å². The predicted octanol–water partition coefficient (Wildman–Crippen LogP) is 4.93. The Bertz CT molecular complexity index is 907. The first-order valence-electron chi connectivity index (χ1n) is 9.31. The normalized spacial score (nSPS) is 10.7. The lowest BCUT2D eigenvalue weighted by Gasteiger charge is -2.22. The van der Waals surface area contributed by atoms with E-state index in [9.17, 15) is 4.79 Å². The smallest absolute Gasteiger partial charge is 0.222 e. The number of rotatable bonds is 8. The van der Waals surface area contributed by atoms with Gasteiger partial charge < -0.3 is 4.90 Å². The fourth-order valence-corrected chi connectivity index (χ4v) is 4.05. The first-order chi connectivity index (χ1) is 13.2. The number of nitriles is 1. The first kappa shape index (κ1) is 19.1. The van der Waals surface area contributed by atoms with Gasteiger partial charge in [0.1, 0.15) is 0 Å². The summed E-state index contributed by atoms with van der Waals surface area (Å²) in [6.07, 6.45) is 3.11. The molecule has 27 heavy (non-hydrogen) atoms. The van der Waals surface area contributed by atoms with Crippen molar-refractivity contribution in [2.75, 3.05) is 6.54 Å². The van der Waals surface area contributed by atoms with E-state index in [1.54, 1.807) is 23.5 Å². The Morgan fingerprint density at radius 3 is 2.67 bits per heavy atom. The van der Waals surface area contributed by atoms with Crippen molar-refractivity contribution in [1.29, 1.82) is 5.26 Å². The highest BCUT2D eigenvalue weighted by Gasteiger charge is 2.14. The summed E-state index contributed by atoms with van der Waals surface area (Å²) in [5.74, 6) is 0.183. The van der Waals surface area contributed by atoms with E-state index in [2.05, 4.69) is 24.0 Å². The van der Waals surface area contributed by atoms with Crippen LogP contribution in [0, 0.1) is 11.3 Å². The van der Waals surface area contributed by atoms with Crippen molar-refractivity contribution in [2.24, 2.45) is 0 Å². The number of hydrogen-bond donors (Lipinski definition) is 0. The molecule has 0 aliphatic rings. The number of carbonyl (C=O) groups excluding carboxylic acids is 1. The molecule has 3 aromatic rings. The molecule has 0 aliphatic heterocycles. The third-order valence-electron chi connectivity index (χ3n) is 4.42. The highest BCUT2D eigenvalue weighted by molar-refractivity contribution is 7.18. The maximum atomic E-state index is 12.7. The molecule has 0 saturated heterocycles. The lowest BCUT2D eigenvalue weighted by molar-refractivity contribution is -0.132. The molecule has 0 bridgehead atoms. The number of fused-ring (bicyclic) bond motifs is 1. The molecule has 0 radical (unpaired) electrons. The second kappa shape index (κ2) is 9.29. The van der Waals surface area contributed by atoms with E-state index < -0.39 is 0 Å². The number of thiazole rings is 1. The summed E-state index contributed by atoms with van der Waals surface area (Å²) >= 11 is 1.71. The zero-order valence-corrected chi connectivity index (χ0v) is 16.3. The molecule has 4 nitrogen and oxygen atoms in total. The average molecular weight is 378 g/mol. The molecule has 1 aromatic heterocycles. The topological polar surface area (TPSA) is 57.0 Å². The first-order valence-corrected chi connectivity index (χ1v) is 10.1. The predicted molar refractivity (Wildman–Crippen MR) is 109 cm³/mol. The molecule has 0 fully saturated rings. The fraction of sp³-hybridized carbons (Fsp3) is 0.318. The highest BCUT2D eigenvalue weighted by atomic mass is 32.1. The molecule has 0 N–H and O–H groups in total. The third-order valence-corrected chi connectivity index (χ3v) is 5.52. The van der Waals surface area contributed by atoms with Gasteiger partial charge >= 0.3 is 0 Å². The van der Waals surface area contributed by atoms with Gasteiger partial charge in [0.2, 0.25) is 5.91 Å². The van der Waals surface area contributed by atoms with Crippen LogP contribution in [0.15, 0.2) is 48.5 Å². The van der Waals surface area contributed by atoms with Crippen LogP contribution in [0.2, 0.25) is 0 Å². The number of benzene rings is 2. The highest BCUT2D eigenvalue weighted by Crippen LogP contribution is 2.23. The summed E-state index contributed by atoms with van der Waals surface area (Å²) in [7, 11) is 0. The van der Waals surface area contributed by atoms with Crippen LogP contribution >= 0.6 is 11.3 Å². The zero-order valence-electron chi connectivity index (χ0n) is 15.5. The maximum Gasteiger partial charge on any atom is 0.222 e. The van der Waals surface area contributed by atoms with Crippen molar-refractivity contribution < 1.29 is 4.79 Å². The molecule has 0 saturated carbocycles. The maximum absolute atomic E-state index is 12.7. The van der Waals surface area contributed by atoms with Crippen LogP contribution in [0.25, 0.3) is 10.2 Å². The Hall–Kier alpha value is -2.71. The summed E-state index contributed by atoms with van der Waals surface area (Å²) in [6.45, 7) is 3.43. The van der Waals surface area contributed by atoms with Crippen LogP contribution in [0.1, 0.15) is 42.3 Å². The monoisotopic (exact) mass is 377 g/mol. The average Bonchev–Trinajstić information content (AvgIpc) is 3.11. The molecule has 0 spiro atoms. The van der Waals surface area contributed by atoms with Gasteiger partial charge in [-0.15, -0.1) is 11.3 Å². The van der Waals surface area contributed by atoms with Crippen molar-refractivity contribution in [1.82, 2.24) is 9.88 Å². The van der Waals surface area contributed by atoms with Gasteiger partial charge in [-0.3, -0.25) is 4.79 Å². The lowest BCUT2D eigenvalue weighted by Crippen LogP contribution is -2.31. The van der Waals surface area contributed by atoms with Crippen LogP contribution in [0.3, 0.4) is 0 Å². The molecule has 0 unspecified atom stereocenters. The SMILES string of the molecule is CCCN(Cc1ccc(C#N)cc1)C(=O)CCCc1nc2ccccc2s1. The largest absolute Gasteiger partial charge is 0.338 e. The number of hydrogen-bond acceptors (Lipinski definition) is 4. The van der Waals surface area contributed by atoms with Gasteiger partial charge in [-0.25, -0.2) is 4.98 Å². The van der Waals surface area contributed by atoms with Gasteiger partial charge in [0, 0.05) is 19.5 Å². The minimum absolute atomic E-state index is 0.183. The minimum atomic E-state index is 0.183. The number of amides is 1. The van der Waals surface area contributed by atoms with E-state index in [-0.39, 0.29) is 5.91 Å². The van der Waals surface area contributed by atoms with E-state index in [0.717, 1.165) is 41.9 Å². The quantitative estimate of drug-likeness (QED) is 0.559. The summed E-state index contributed by atoms with van der Waals surface area (Å²) in [5.41, 5.74) is 2.74. The van der Waals surface area contributed by atoms with Crippen molar-refractivity contribution in [3.05, 3.63) is 64.7 Å². The Morgan fingerprint density at radius 1 is 1.19 bits per heavy atom. The molecule has 0 aliphatic carbocycles. The molecule has 138 valence electrons. The second-order valence-corrected chi connectivity index (χ2v) is 7.67. The van der Waals surface area contributed by atoms with E-state index >= 15 is 0 Å². The zero-order chi connectivity index (χ0) is 19.1. The molecular weight excluding hydrogens is 354 g/mol. The van der Waals surface area contributed by atoms with E-state index in [1.165, 1.54) is 4.70 Å². The second-order valence-electron chi connectivity index (χ2n) is 6.55. The van der Waals surface area contributed by atoms with E-state index in [0.29, 0.717) is 18.5 Å². The Kier molecular flexibility index (Phi) is 6.56. The number of carbonyl (C=O) groups is 1. The molecule has 1 amide bonds. The Balaban J connectivity index is 1.55. The van der Waals surface area contributed by atoms with Crippen LogP contribution in [-0.2, 0) is 17.8 Å². The number of nitrogens with zero attached hydrogens (tertiary/aromatic N) is 3. The van der Waals surface area contributed by atoms with Crippen molar-refractivity contribution in [2.45, 2.75) is 39.2 Å². The number of aromatic nitrogens is 1. The van der Waals surface area contributed by atoms with Crippen LogP contribution in [0.4, 0.5) is 0 Å². The fourth-order valence-electron chi connectivity index (χ4n) is 3.04. The summed E-state index contributed by atoms with van der Waals surface area (Å²) in [6, 6.07) is 17.7. The molecule has 1 heterocycles. The van der Waals surface area contributed by atoms with Crippen molar-refractivity contribution >= 4 is 27.5 Å². The third kappa shape index (κ3) is 5.15. The van der Waals surface area contributed by atoms with Crippen molar-refractivity contribution in [3.8, 4) is 6.07 Å². The Labute approximate surface area is 164 Å². The minimum Gasteiger partial charge on any atom is -0.338 e. The van der Waals surface area contributed by atoms with Gasteiger partial charge in [0.05, 0.1) is 26.9 Å².